The summed E-state index contributed by atoms with van der Waals surface area (Å²) in [5.74, 6) is 0. The predicted molar refractivity (Wildman–Crippen MR) is 90.2 cm³/mol. The van der Waals surface area contributed by atoms with E-state index >= 15 is 0 Å². The van der Waals surface area contributed by atoms with Gasteiger partial charge in [-0.3, -0.25) is 0 Å². The molecule has 0 radical (unpaired) electrons. The molecule has 0 fully saturated rings. The average Bonchev–Trinajstić information content (AvgIpc) is 2.47. The van der Waals surface area contributed by atoms with Crippen LogP contribution in [-0.2, 0) is 11.2 Å². The highest BCUT2D eigenvalue weighted by molar-refractivity contribution is 9.10. The Kier molecular flexibility index (Phi) is 7.78. The van der Waals surface area contributed by atoms with Crippen molar-refractivity contribution in [3.05, 3.63) is 34.3 Å². The van der Waals surface area contributed by atoms with Gasteiger partial charge in [0.25, 0.3) is 0 Å². The number of nitrogens with one attached hydrogen (secondary N) is 1. The molecule has 0 aromatic heterocycles. The number of halogens is 1. The van der Waals surface area contributed by atoms with Gasteiger partial charge in [-0.15, -0.1) is 0 Å². The van der Waals surface area contributed by atoms with Gasteiger partial charge >= 0.3 is 0 Å². The van der Waals surface area contributed by atoms with Gasteiger partial charge in [0, 0.05) is 17.1 Å². The quantitative estimate of drug-likeness (QED) is 0.710. The molecule has 1 atom stereocenters. The molecule has 1 rings (SSSR count). The Balaban J connectivity index is 3.00. The maximum atomic E-state index is 6.18. The molecule has 1 N–H and O–H groups in total. The number of benzene rings is 1. The average molecular weight is 342 g/mol. The molecule has 2 nitrogen and oxygen atoms in total. The van der Waals surface area contributed by atoms with Crippen molar-refractivity contribution in [2.75, 3.05) is 13.2 Å². The van der Waals surface area contributed by atoms with Crippen LogP contribution in [0.3, 0.4) is 0 Å². The minimum Gasteiger partial charge on any atom is -0.374 e. The van der Waals surface area contributed by atoms with E-state index in [2.05, 4.69) is 73.2 Å². The van der Waals surface area contributed by atoms with Crippen molar-refractivity contribution in [2.24, 2.45) is 0 Å². The van der Waals surface area contributed by atoms with Gasteiger partial charge in [-0.05, 0) is 44.4 Å². The summed E-state index contributed by atoms with van der Waals surface area (Å²) in [6, 6.07) is 8.80. The van der Waals surface area contributed by atoms with E-state index in [1.165, 1.54) is 10.0 Å². The van der Waals surface area contributed by atoms with Crippen molar-refractivity contribution in [3.8, 4) is 0 Å². The highest BCUT2D eigenvalue weighted by Gasteiger charge is 2.36. The van der Waals surface area contributed by atoms with Crippen LogP contribution in [0.25, 0.3) is 0 Å². The molecule has 1 unspecified atom stereocenters. The van der Waals surface area contributed by atoms with Crippen molar-refractivity contribution >= 4 is 15.9 Å². The fourth-order valence-electron chi connectivity index (χ4n) is 2.91. The number of likely N-dealkylation sites (N-methyl/N-ethyl adjacent to an activating group) is 1. The lowest BCUT2D eigenvalue weighted by molar-refractivity contribution is -0.0716. The SMILES string of the molecule is CCNC(Cc1ccccc1Br)C(CC)(CC)OCC. The topological polar surface area (TPSA) is 21.3 Å². The van der Waals surface area contributed by atoms with E-state index in [1.54, 1.807) is 0 Å². The van der Waals surface area contributed by atoms with Crippen LogP contribution in [0.5, 0.6) is 0 Å². The highest BCUT2D eigenvalue weighted by atomic mass is 79.9. The molecular formula is C17H28BrNO. The van der Waals surface area contributed by atoms with E-state index in [0.29, 0.717) is 6.04 Å². The van der Waals surface area contributed by atoms with E-state index in [1.807, 2.05) is 0 Å². The highest BCUT2D eigenvalue weighted by Crippen LogP contribution is 2.29. The van der Waals surface area contributed by atoms with Gasteiger partial charge in [-0.1, -0.05) is 54.9 Å². The maximum absolute atomic E-state index is 6.18. The zero-order chi connectivity index (χ0) is 15.0. The summed E-state index contributed by atoms with van der Waals surface area (Å²) in [6.07, 6.45) is 3.04. The van der Waals surface area contributed by atoms with Crippen molar-refractivity contribution in [1.29, 1.82) is 0 Å². The summed E-state index contributed by atoms with van der Waals surface area (Å²) in [5, 5.41) is 3.64. The summed E-state index contributed by atoms with van der Waals surface area (Å²) >= 11 is 3.66. The summed E-state index contributed by atoms with van der Waals surface area (Å²) in [6.45, 7) is 10.4. The van der Waals surface area contributed by atoms with Crippen LogP contribution in [-0.4, -0.2) is 24.8 Å². The largest absolute Gasteiger partial charge is 0.374 e. The van der Waals surface area contributed by atoms with Crippen molar-refractivity contribution in [3.63, 3.8) is 0 Å². The molecule has 0 saturated carbocycles. The minimum atomic E-state index is -0.0833. The van der Waals surface area contributed by atoms with E-state index < -0.39 is 0 Å². The van der Waals surface area contributed by atoms with Gasteiger partial charge in [-0.2, -0.15) is 0 Å². The molecule has 0 bridgehead atoms. The van der Waals surface area contributed by atoms with E-state index in [-0.39, 0.29) is 5.60 Å². The Bertz CT molecular complexity index is 390. The van der Waals surface area contributed by atoms with Crippen LogP contribution >= 0.6 is 15.9 Å². The molecule has 0 amide bonds. The van der Waals surface area contributed by atoms with Crippen LogP contribution in [0.2, 0.25) is 0 Å². The van der Waals surface area contributed by atoms with Crippen molar-refractivity contribution in [2.45, 2.75) is 58.6 Å². The summed E-state index contributed by atoms with van der Waals surface area (Å²) in [5.41, 5.74) is 1.25. The van der Waals surface area contributed by atoms with Gasteiger partial charge < -0.3 is 10.1 Å². The molecule has 0 spiro atoms. The molecule has 1 aromatic carbocycles. The van der Waals surface area contributed by atoms with Crippen molar-refractivity contribution < 1.29 is 4.74 Å². The smallest absolute Gasteiger partial charge is 0.0832 e. The molecule has 0 aliphatic heterocycles. The van der Waals surface area contributed by atoms with Gasteiger partial charge in [0.2, 0.25) is 0 Å². The number of ether oxygens (including phenoxy) is 1. The third-order valence-corrected chi connectivity index (χ3v) is 4.87. The van der Waals surface area contributed by atoms with Gasteiger partial charge in [-0.25, -0.2) is 0 Å². The van der Waals surface area contributed by atoms with Crippen LogP contribution in [0.15, 0.2) is 28.7 Å². The Morgan fingerprint density at radius 1 is 1.15 bits per heavy atom. The lowest BCUT2D eigenvalue weighted by Gasteiger charge is -2.40. The monoisotopic (exact) mass is 341 g/mol. The second kappa shape index (κ2) is 8.81. The molecule has 114 valence electrons. The molecule has 0 aliphatic rings. The summed E-state index contributed by atoms with van der Waals surface area (Å²) < 4.78 is 7.36. The molecule has 20 heavy (non-hydrogen) atoms. The van der Waals surface area contributed by atoms with Crippen LogP contribution in [0.1, 0.15) is 46.1 Å². The Hall–Kier alpha value is -0.380. The van der Waals surface area contributed by atoms with E-state index in [4.69, 9.17) is 4.74 Å². The van der Waals surface area contributed by atoms with E-state index in [0.717, 1.165) is 32.4 Å². The Labute approximate surface area is 132 Å². The standard InChI is InChI=1S/C17H28BrNO/c1-5-17(6-2,20-8-4)16(19-7-3)13-14-11-9-10-12-15(14)18/h9-12,16,19H,5-8,13H2,1-4H3. The van der Waals surface area contributed by atoms with Gasteiger partial charge in [0.1, 0.15) is 0 Å². The van der Waals surface area contributed by atoms with Gasteiger partial charge in [0.15, 0.2) is 0 Å². The number of rotatable bonds is 9. The normalized spacial score (nSPS) is 13.4. The first-order valence-corrected chi connectivity index (χ1v) is 8.53. The van der Waals surface area contributed by atoms with Gasteiger partial charge in [0.05, 0.1) is 5.60 Å². The van der Waals surface area contributed by atoms with Crippen molar-refractivity contribution in [1.82, 2.24) is 5.32 Å². The van der Waals surface area contributed by atoms with Crippen LogP contribution in [0.4, 0.5) is 0 Å². The first-order chi connectivity index (χ1) is 9.63. The third-order valence-electron chi connectivity index (χ3n) is 4.10. The first-order valence-electron chi connectivity index (χ1n) is 7.74. The fraction of sp³-hybridized carbons (Fsp3) is 0.647. The second-order valence-electron chi connectivity index (χ2n) is 5.11. The minimum absolute atomic E-state index is 0.0833. The zero-order valence-electron chi connectivity index (χ0n) is 13.2. The maximum Gasteiger partial charge on any atom is 0.0832 e. The Morgan fingerprint density at radius 2 is 1.80 bits per heavy atom. The lowest BCUT2D eigenvalue weighted by atomic mass is 9.84. The molecule has 0 heterocycles. The first kappa shape index (κ1) is 17.7. The van der Waals surface area contributed by atoms with Crippen LogP contribution < -0.4 is 5.32 Å². The zero-order valence-corrected chi connectivity index (χ0v) is 14.8. The number of hydrogen-bond acceptors (Lipinski definition) is 2. The van der Waals surface area contributed by atoms with E-state index in [9.17, 15) is 0 Å². The Morgan fingerprint density at radius 3 is 2.30 bits per heavy atom. The summed E-state index contributed by atoms with van der Waals surface area (Å²) in [4.78, 5) is 0. The number of hydrogen-bond donors (Lipinski definition) is 1. The molecule has 3 heteroatoms. The molecule has 0 aliphatic carbocycles. The second-order valence-corrected chi connectivity index (χ2v) is 5.97. The summed E-state index contributed by atoms with van der Waals surface area (Å²) in [7, 11) is 0. The fourth-order valence-corrected chi connectivity index (χ4v) is 3.36. The third kappa shape index (κ3) is 4.31. The molecule has 1 aromatic rings. The predicted octanol–water partition coefficient (Wildman–Crippen LogP) is 4.57. The molecular weight excluding hydrogens is 314 g/mol. The van der Waals surface area contributed by atoms with Crippen LogP contribution in [0, 0.1) is 0 Å². The molecule has 0 saturated heterocycles. The lowest BCUT2D eigenvalue weighted by Crippen LogP contribution is -2.53.